The van der Waals surface area contributed by atoms with Gasteiger partial charge in [0, 0.05) is 17.5 Å². The zero-order chi connectivity index (χ0) is 20.8. The van der Waals surface area contributed by atoms with E-state index in [1.165, 1.54) is 16.9 Å². The number of thiophene rings is 1. The van der Waals surface area contributed by atoms with Crippen molar-refractivity contribution < 1.29 is 4.74 Å². The lowest BCUT2D eigenvalue weighted by Crippen LogP contribution is -2.18. The van der Waals surface area contributed by atoms with Gasteiger partial charge in [-0.05, 0) is 41.3 Å². The van der Waals surface area contributed by atoms with E-state index in [2.05, 4.69) is 49.5 Å². The molecule has 0 fully saturated rings. The quantitative estimate of drug-likeness (QED) is 0.409. The third-order valence-corrected chi connectivity index (χ3v) is 6.00. The van der Waals surface area contributed by atoms with Crippen molar-refractivity contribution in [2.45, 2.75) is 27.0 Å². The van der Waals surface area contributed by atoms with Gasteiger partial charge in [0.25, 0.3) is 0 Å². The number of nitrogens with zero attached hydrogens (tertiary/aromatic N) is 1. The van der Waals surface area contributed by atoms with E-state index >= 15 is 0 Å². The number of hydrogen-bond acceptors (Lipinski definition) is 4. The molecule has 6 heteroatoms. The van der Waals surface area contributed by atoms with Gasteiger partial charge < -0.3 is 10.1 Å². The van der Waals surface area contributed by atoms with Crippen LogP contribution in [0.1, 0.15) is 30.5 Å². The van der Waals surface area contributed by atoms with Crippen LogP contribution in [-0.2, 0) is 13.2 Å². The van der Waals surface area contributed by atoms with Gasteiger partial charge in [0.2, 0.25) is 0 Å². The lowest BCUT2D eigenvalue weighted by atomic mass is 10.1. The van der Waals surface area contributed by atoms with E-state index in [-0.39, 0.29) is 0 Å². The molecule has 0 aliphatic heterocycles. The highest BCUT2D eigenvalue weighted by Gasteiger charge is 2.15. The second kappa shape index (κ2) is 10.1. The lowest BCUT2D eigenvalue weighted by molar-refractivity contribution is 0.315. The van der Waals surface area contributed by atoms with Crippen LogP contribution in [0.5, 0.6) is 5.06 Å². The van der Waals surface area contributed by atoms with Gasteiger partial charge in [-0.1, -0.05) is 67.4 Å². The average molecular weight is 445 g/mol. The van der Waals surface area contributed by atoms with Crippen molar-refractivity contribution in [2.24, 2.45) is 5.92 Å². The third-order valence-electron chi connectivity index (χ3n) is 4.37. The van der Waals surface area contributed by atoms with Crippen LogP contribution in [0.4, 0.5) is 0 Å². The molecule has 3 aromatic rings. The molecule has 0 bridgehead atoms. The maximum absolute atomic E-state index is 9.64. The summed E-state index contributed by atoms with van der Waals surface area (Å²) in [6, 6.07) is 15.9. The van der Waals surface area contributed by atoms with Crippen LogP contribution in [0, 0.1) is 17.2 Å². The molecule has 3 nitrogen and oxygen atoms in total. The lowest BCUT2D eigenvalue weighted by Gasteiger charge is -2.09. The Hall–Kier alpha value is -2.03. The minimum Gasteiger partial charge on any atom is -0.478 e. The van der Waals surface area contributed by atoms with Crippen molar-refractivity contribution in [3.63, 3.8) is 0 Å². The summed E-state index contributed by atoms with van der Waals surface area (Å²) in [5, 5.41) is 16.5. The molecule has 0 saturated heterocycles. The fraction of sp³-hybridized carbons (Fsp3) is 0.261. The molecule has 0 unspecified atom stereocenters. The van der Waals surface area contributed by atoms with Crippen molar-refractivity contribution in [3.8, 4) is 22.3 Å². The smallest absolute Gasteiger partial charge is 0.192 e. The van der Waals surface area contributed by atoms with Crippen molar-refractivity contribution in [3.05, 3.63) is 74.6 Å². The summed E-state index contributed by atoms with van der Waals surface area (Å²) in [4.78, 5) is 0. The minimum atomic E-state index is 0.412. The Labute approximate surface area is 185 Å². The zero-order valence-corrected chi connectivity index (χ0v) is 18.7. The first-order valence-electron chi connectivity index (χ1n) is 9.36. The van der Waals surface area contributed by atoms with Crippen LogP contribution in [0.25, 0.3) is 11.1 Å². The number of ether oxygens (including phenoxy) is 1. The van der Waals surface area contributed by atoms with Crippen molar-refractivity contribution in [2.75, 3.05) is 6.54 Å². The second-order valence-corrected chi connectivity index (χ2v) is 8.84. The Kier molecular flexibility index (Phi) is 7.57. The van der Waals surface area contributed by atoms with E-state index in [1.807, 2.05) is 11.4 Å². The van der Waals surface area contributed by atoms with Crippen LogP contribution < -0.4 is 10.1 Å². The average Bonchev–Trinajstić information content (AvgIpc) is 3.12. The number of nitriles is 1. The van der Waals surface area contributed by atoms with Crippen LogP contribution in [0.2, 0.25) is 10.0 Å². The zero-order valence-electron chi connectivity index (χ0n) is 16.3. The Balaban J connectivity index is 1.66. The van der Waals surface area contributed by atoms with Gasteiger partial charge in [0.05, 0.1) is 10.0 Å². The Morgan fingerprint density at radius 2 is 1.79 bits per heavy atom. The normalized spacial score (nSPS) is 10.9. The molecule has 0 saturated carbocycles. The van der Waals surface area contributed by atoms with Gasteiger partial charge in [-0.2, -0.15) is 5.26 Å². The van der Waals surface area contributed by atoms with Crippen molar-refractivity contribution >= 4 is 34.5 Å². The monoisotopic (exact) mass is 444 g/mol. The van der Waals surface area contributed by atoms with Crippen LogP contribution >= 0.6 is 34.5 Å². The highest BCUT2D eigenvalue weighted by Crippen LogP contribution is 2.38. The topological polar surface area (TPSA) is 45.0 Å². The summed E-state index contributed by atoms with van der Waals surface area (Å²) >= 11 is 13.5. The predicted octanol–water partition coefficient (Wildman–Crippen LogP) is 6.92. The minimum absolute atomic E-state index is 0.412. The Morgan fingerprint density at radius 1 is 1.07 bits per heavy atom. The van der Waals surface area contributed by atoms with Gasteiger partial charge >= 0.3 is 0 Å². The molecule has 0 amide bonds. The first-order chi connectivity index (χ1) is 14.0. The number of hydrogen-bond donors (Lipinski definition) is 1. The SMILES string of the molecule is CC(C)CNCc1ccc(COc2scc(-c3ccc(Cl)c(Cl)c3)c2C#N)cc1. The fourth-order valence-electron chi connectivity index (χ4n) is 2.84. The molecule has 2 aromatic carbocycles. The number of halogens is 2. The van der Waals surface area contributed by atoms with E-state index in [9.17, 15) is 5.26 Å². The number of rotatable bonds is 8. The highest BCUT2D eigenvalue weighted by molar-refractivity contribution is 7.12. The van der Waals surface area contributed by atoms with Gasteiger partial charge in [0.15, 0.2) is 5.06 Å². The third kappa shape index (κ3) is 5.74. The second-order valence-electron chi connectivity index (χ2n) is 7.18. The Morgan fingerprint density at radius 3 is 2.45 bits per heavy atom. The molecule has 29 heavy (non-hydrogen) atoms. The Bertz CT molecular complexity index is 1010. The van der Waals surface area contributed by atoms with Crippen LogP contribution in [0.15, 0.2) is 47.8 Å². The van der Waals surface area contributed by atoms with Crippen molar-refractivity contribution in [1.82, 2.24) is 5.32 Å². The standard InChI is InChI=1S/C23H22Cl2N2OS/c1-15(2)11-27-12-16-3-5-17(6-4-16)13-28-23-19(10-26)20(14-29-23)18-7-8-21(24)22(25)9-18/h3-9,14-15,27H,11-13H2,1-2H3. The summed E-state index contributed by atoms with van der Waals surface area (Å²) in [5.74, 6) is 0.636. The van der Waals surface area contributed by atoms with Gasteiger partial charge in [-0.15, -0.1) is 11.3 Å². The molecule has 1 aromatic heterocycles. The highest BCUT2D eigenvalue weighted by atomic mass is 35.5. The van der Waals surface area contributed by atoms with Crippen LogP contribution in [-0.4, -0.2) is 6.54 Å². The molecular weight excluding hydrogens is 423 g/mol. The maximum Gasteiger partial charge on any atom is 0.192 e. The number of benzene rings is 2. The van der Waals surface area contributed by atoms with Gasteiger partial charge in [-0.25, -0.2) is 0 Å². The van der Waals surface area contributed by atoms with Gasteiger partial charge in [-0.3, -0.25) is 0 Å². The summed E-state index contributed by atoms with van der Waals surface area (Å²) in [6.45, 7) is 6.66. The molecule has 1 heterocycles. The van der Waals surface area contributed by atoms with Gasteiger partial charge in [0.1, 0.15) is 18.2 Å². The molecule has 0 radical (unpaired) electrons. The summed E-state index contributed by atoms with van der Waals surface area (Å²) in [7, 11) is 0. The summed E-state index contributed by atoms with van der Waals surface area (Å²) in [6.07, 6.45) is 0. The van der Waals surface area contributed by atoms with E-state index in [0.717, 1.165) is 29.8 Å². The van der Waals surface area contributed by atoms with E-state index in [0.29, 0.717) is 33.2 Å². The first-order valence-corrected chi connectivity index (χ1v) is 11.0. The molecule has 3 rings (SSSR count). The molecule has 150 valence electrons. The predicted molar refractivity (Wildman–Crippen MR) is 122 cm³/mol. The molecule has 0 aliphatic carbocycles. The summed E-state index contributed by atoms with van der Waals surface area (Å²) in [5.41, 5.74) is 4.47. The molecule has 0 spiro atoms. The summed E-state index contributed by atoms with van der Waals surface area (Å²) < 4.78 is 5.94. The van der Waals surface area contributed by atoms with E-state index in [1.54, 1.807) is 12.1 Å². The molecule has 1 N–H and O–H groups in total. The number of nitrogens with one attached hydrogen (secondary N) is 1. The fourth-order valence-corrected chi connectivity index (χ4v) is 4.01. The largest absolute Gasteiger partial charge is 0.478 e. The van der Waals surface area contributed by atoms with E-state index < -0.39 is 0 Å². The van der Waals surface area contributed by atoms with E-state index in [4.69, 9.17) is 27.9 Å². The molecule has 0 atom stereocenters. The van der Waals surface area contributed by atoms with Crippen molar-refractivity contribution in [1.29, 1.82) is 5.26 Å². The molecular formula is C23H22Cl2N2OS. The first kappa shape index (κ1) is 21.7. The molecule has 0 aliphatic rings. The maximum atomic E-state index is 9.64. The van der Waals surface area contributed by atoms with Crippen LogP contribution in [0.3, 0.4) is 0 Å².